The van der Waals surface area contributed by atoms with E-state index < -0.39 is 0 Å². The fourth-order valence-electron chi connectivity index (χ4n) is 2.71. The molecule has 0 aliphatic carbocycles. The number of rotatable bonds is 5. The van der Waals surface area contributed by atoms with Crippen molar-refractivity contribution < 1.29 is 0 Å². The normalized spacial score (nSPS) is 22.0. The Morgan fingerprint density at radius 1 is 1.44 bits per heavy atom. The molecule has 0 saturated carbocycles. The van der Waals surface area contributed by atoms with Crippen LogP contribution in [0.3, 0.4) is 0 Å². The molecule has 4 heteroatoms. The summed E-state index contributed by atoms with van der Waals surface area (Å²) in [5.41, 5.74) is 2.48. The van der Waals surface area contributed by atoms with Gasteiger partial charge in [0.25, 0.3) is 0 Å². The van der Waals surface area contributed by atoms with Gasteiger partial charge in [-0.15, -0.1) is 0 Å². The van der Waals surface area contributed by atoms with Crippen molar-refractivity contribution in [3.63, 3.8) is 0 Å². The van der Waals surface area contributed by atoms with E-state index in [1.807, 2.05) is 6.20 Å². The lowest BCUT2D eigenvalue weighted by molar-refractivity contribution is 0.282. The lowest BCUT2D eigenvalue weighted by atomic mass is 10.1. The van der Waals surface area contributed by atoms with Gasteiger partial charge in [-0.25, -0.2) is 0 Å². The van der Waals surface area contributed by atoms with Crippen molar-refractivity contribution in [3.05, 3.63) is 17.5 Å². The summed E-state index contributed by atoms with van der Waals surface area (Å²) in [7, 11) is 0. The highest BCUT2D eigenvalue weighted by Gasteiger charge is 2.16. The van der Waals surface area contributed by atoms with Crippen molar-refractivity contribution in [3.8, 4) is 0 Å². The van der Waals surface area contributed by atoms with Gasteiger partial charge in [-0.1, -0.05) is 6.92 Å². The molecule has 0 radical (unpaired) electrons. The predicted octanol–water partition coefficient (Wildman–Crippen LogP) is 2.07. The molecular formula is C14H26N4. The molecule has 1 atom stereocenters. The molecule has 1 aromatic heterocycles. The third-order valence-electron chi connectivity index (χ3n) is 3.88. The summed E-state index contributed by atoms with van der Waals surface area (Å²) in [6, 6.07) is 0.668. The van der Waals surface area contributed by atoms with Gasteiger partial charge in [-0.3, -0.25) is 5.10 Å². The van der Waals surface area contributed by atoms with E-state index in [-0.39, 0.29) is 0 Å². The topological polar surface area (TPSA) is 44.0 Å². The van der Waals surface area contributed by atoms with Gasteiger partial charge in [-0.05, 0) is 52.2 Å². The highest BCUT2D eigenvalue weighted by molar-refractivity contribution is 5.13. The monoisotopic (exact) mass is 250 g/mol. The molecule has 2 rings (SSSR count). The summed E-state index contributed by atoms with van der Waals surface area (Å²) in [6.07, 6.45) is 7.10. The number of aromatic nitrogens is 2. The Morgan fingerprint density at radius 3 is 3.06 bits per heavy atom. The van der Waals surface area contributed by atoms with Crippen molar-refractivity contribution >= 4 is 0 Å². The summed E-state index contributed by atoms with van der Waals surface area (Å²) in [5, 5.41) is 10.7. The maximum atomic E-state index is 4.07. The van der Waals surface area contributed by atoms with Crippen LogP contribution in [0, 0.1) is 6.92 Å². The van der Waals surface area contributed by atoms with Crippen LogP contribution in [0.25, 0.3) is 0 Å². The highest BCUT2D eigenvalue weighted by atomic mass is 15.1. The van der Waals surface area contributed by atoms with Crippen LogP contribution in [0.5, 0.6) is 0 Å². The Kier molecular flexibility index (Phi) is 5.20. The number of H-pyrrole nitrogens is 1. The van der Waals surface area contributed by atoms with Crippen LogP contribution in [-0.2, 0) is 6.54 Å². The smallest absolute Gasteiger partial charge is 0.0535 e. The molecule has 102 valence electrons. The minimum atomic E-state index is 0.668. The van der Waals surface area contributed by atoms with Crippen molar-refractivity contribution in [1.82, 2.24) is 20.4 Å². The van der Waals surface area contributed by atoms with Gasteiger partial charge in [-0.2, -0.15) is 5.10 Å². The second kappa shape index (κ2) is 6.90. The van der Waals surface area contributed by atoms with Gasteiger partial charge in [0.05, 0.1) is 6.20 Å². The molecule has 1 unspecified atom stereocenters. The number of aryl methyl sites for hydroxylation is 1. The third kappa shape index (κ3) is 3.82. The number of hydrogen-bond donors (Lipinski definition) is 2. The van der Waals surface area contributed by atoms with E-state index >= 15 is 0 Å². The standard InChI is InChI=1S/C14H26N4/c1-3-7-18-8-4-5-14(6-9-18)15-10-13-11-16-17-12(13)2/h11,14-15H,3-10H2,1-2H3,(H,16,17). The van der Waals surface area contributed by atoms with E-state index in [2.05, 4.69) is 34.3 Å². The van der Waals surface area contributed by atoms with Crippen LogP contribution in [0.15, 0.2) is 6.20 Å². The predicted molar refractivity (Wildman–Crippen MR) is 74.5 cm³/mol. The molecule has 1 aromatic rings. The van der Waals surface area contributed by atoms with Gasteiger partial charge < -0.3 is 10.2 Å². The first-order valence-electron chi connectivity index (χ1n) is 7.24. The fourth-order valence-corrected chi connectivity index (χ4v) is 2.71. The highest BCUT2D eigenvalue weighted by Crippen LogP contribution is 2.12. The summed E-state index contributed by atoms with van der Waals surface area (Å²) in [6.45, 7) is 9.07. The van der Waals surface area contributed by atoms with Crippen molar-refractivity contribution in [1.29, 1.82) is 0 Å². The first-order valence-corrected chi connectivity index (χ1v) is 7.24. The summed E-state index contributed by atoms with van der Waals surface area (Å²) in [4.78, 5) is 2.60. The zero-order chi connectivity index (χ0) is 12.8. The van der Waals surface area contributed by atoms with Crippen LogP contribution < -0.4 is 5.32 Å². The third-order valence-corrected chi connectivity index (χ3v) is 3.88. The van der Waals surface area contributed by atoms with Gasteiger partial charge in [0.2, 0.25) is 0 Å². The van der Waals surface area contributed by atoms with Crippen LogP contribution in [0.1, 0.15) is 43.9 Å². The molecule has 0 bridgehead atoms. The molecule has 2 N–H and O–H groups in total. The van der Waals surface area contributed by atoms with Gasteiger partial charge in [0.15, 0.2) is 0 Å². The molecular weight excluding hydrogens is 224 g/mol. The van der Waals surface area contributed by atoms with Gasteiger partial charge in [0, 0.05) is 23.8 Å². The van der Waals surface area contributed by atoms with Crippen LogP contribution in [0.2, 0.25) is 0 Å². The number of nitrogens with one attached hydrogen (secondary N) is 2. The second-order valence-corrected chi connectivity index (χ2v) is 5.37. The second-order valence-electron chi connectivity index (χ2n) is 5.37. The molecule has 4 nitrogen and oxygen atoms in total. The molecule has 1 saturated heterocycles. The summed E-state index contributed by atoms with van der Waals surface area (Å²) >= 11 is 0. The number of hydrogen-bond acceptors (Lipinski definition) is 3. The van der Waals surface area contributed by atoms with Crippen molar-refractivity contribution in [2.45, 2.75) is 52.1 Å². The minimum Gasteiger partial charge on any atom is -0.310 e. The molecule has 1 aliphatic heterocycles. The molecule has 0 amide bonds. The summed E-state index contributed by atoms with van der Waals surface area (Å²) < 4.78 is 0. The average molecular weight is 250 g/mol. The van der Waals surface area contributed by atoms with E-state index in [9.17, 15) is 0 Å². The van der Waals surface area contributed by atoms with E-state index in [1.165, 1.54) is 56.6 Å². The molecule has 1 aliphatic rings. The first-order chi connectivity index (χ1) is 8.79. The minimum absolute atomic E-state index is 0.668. The van der Waals surface area contributed by atoms with E-state index in [1.54, 1.807) is 0 Å². The van der Waals surface area contributed by atoms with Crippen LogP contribution >= 0.6 is 0 Å². The molecule has 18 heavy (non-hydrogen) atoms. The number of likely N-dealkylation sites (tertiary alicyclic amines) is 1. The fraction of sp³-hybridized carbons (Fsp3) is 0.786. The first kappa shape index (κ1) is 13.6. The lowest BCUT2D eigenvalue weighted by Crippen LogP contribution is -2.31. The average Bonchev–Trinajstić information content (AvgIpc) is 2.63. The zero-order valence-electron chi connectivity index (χ0n) is 11.7. The molecule has 1 fully saturated rings. The Balaban J connectivity index is 1.75. The van der Waals surface area contributed by atoms with Crippen LogP contribution in [0.4, 0.5) is 0 Å². The number of nitrogens with zero attached hydrogens (tertiary/aromatic N) is 2. The Hall–Kier alpha value is -0.870. The Morgan fingerprint density at radius 2 is 2.33 bits per heavy atom. The maximum Gasteiger partial charge on any atom is 0.0535 e. The zero-order valence-corrected chi connectivity index (χ0v) is 11.7. The van der Waals surface area contributed by atoms with E-state index in [4.69, 9.17) is 0 Å². The Bertz CT molecular complexity index is 347. The van der Waals surface area contributed by atoms with Gasteiger partial charge >= 0.3 is 0 Å². The van der Waals surface area contributed by atoms with Crippen molar-refractivity contribution in [2.75, 3.05) is 19.6 Å². The lowest BCUT2D eigenvalue weighted by Gasteiger charge is -2.19. The number of aromatic amines is 1. The SMILES string of the molecule is CCCN1CCCC(NCc2cn[nH]c2C)CC1. The van der Waals surface area contributed by atoms with E-state index in [0.717, 1.165) is 6.54 Å². The van der Waals surface area contributed by atoms with E-state index in [0.29, 0.717) is 6.04 Å². The maximum absolute atomic E-state index is 4.07. The molecule has 0 spiro atoms. The quantitative estimate of drug-likeness (QED) is 0.841. The summed E-state index contributed by atoms with van der Waals surface area (Å²) in [5.74, 6) is 0. The van der Waals surface area contributed by atoms with Gasteiger partial charge in [0.1, 0.15) is 0 Å². The van der Waals surface area contributed by atoms with Crippen molar-refractivity contribution in [2.24, 2.45) is 0 Å². The Labute approximate surface area is 110 Å². The molecule has 2 heterocycles. The molecule has 0 aromatic carbocycles. The largest absolute Gasteiger partial charge is 0.310 e. The van der Waals surface area contributed by atoms with Crippen LogP contribution in [-0.4, -0.2) is 40.8 Å².